The summed E-state index contributed by atoms with van der Waals surface area (Å²) in [6.07, 6.45) is 3.82. The lowest BCUT2D eigenvalue weighted by Gasteiger charge is -2.09. The minimum Gasteiger partial charge on any atom is -0.365 e. The zero-order valence-electron chi connectivity index (χ0n) is 10.0. The van der Waals surface area contributed by atoms with E-state index in [9.17, 15) is 0 Å². The molecule has 0 bridgehead atoms. The molecule has 1 fully saturated rings. The zero-order valence-corrected chi connectivity index (χ0v) is 10.8. The first-order valence-electron chi connectivity index (χ1n) is 5.89. The van der Waals surface area contributed by atoms with E-state index < -0.39 is 0 Å². The van der Waals surface area contributed by atoms with Crippen LogP contribution in [-0.4, -0.2) is 16.2 Å². The quantitative estimate of drug-likeness (QED) is 0.876. The fraction of sp³-hybridized carbons (Fsp3) is 0.667. The minimum atomic E-state index is 0.504. The first-order valence-corrected chi connectivity index (χ1v) is 6.27. The Kier molecular flexibility index (Phi) is 3.33. The van der Waals surface area contributed by atoms with Crippen molar-refractivity contribution in [3.05, 3.63) is 16.3 Å². The van der Waals surface area contributed by atoms with Gasteiger partial charge in [0.05, 0.1) is 0 Å². The topological polar surface area (TPSA) is 37.8 Å². The molecule has 1 aliphatic rings. The highest BCUT2D eigenvalue weighted by atomic mass is 35.5. The molecule has 2 atom stereocenters. The average molecular weight is 240 g/mol. The van der Waals surface area contributed by atoms with Gasteiger partial charge in [0.25, 0.3) is 0 Å². The van der Waals surface area contributed by atoms with Crippen molar-refractivity contribution in [2.24, 2.45) is 5.92 Å². The second-order valence-corrected chi connectivity index (χ2v) is 4.98. The molecule has 0 amide bonds. The van der Waals surface area contributed by atoms with Gasteiger partial charge in [-0.3, -0.25) is 0 Å². The fourth-order valence-electron chi connectivity index (χ4n) is 2.00. The number of nitrogens with zero attached hydrogens (tertiary/aromatic N) is 2. The van der Waals surface area contributed by atoms with E-state index in [0.29, 0.717) is 11.2 Å². The van der Waals surface area contributed by atoms with Crippen LogP contribution in [0, 0.1) is 19.8 Å². The van der Waals surface area contributed by atoms with Crippen molar-refractivity contribution in [3.8, 4) is 0 Å². The second kappa shape index (κ2) is 4.58. The lowest BCUT2D eigenvalue weighted by Crippen LogP contribution is -2.09. The maximum Gasteiger partial charge on any atom is 0.155 e. The molecule has 0 radical (unpaired) electrons. The van der Waals surface area contributed by atoms with Gasteiger partial charge in [0.1, 0.15) is 0 Å². The number of hydrogen-bond donors (Lipinski definition) is 1. The smallest absolute Gasteiger partial charge is 0.155 e. The Labute approximate surface area is 102 Å². The highest BCUT2D eigenvalue weighted by Crippen LogP contribution is 2.37. The molecule has 3 nitrogen and oxygen atoms in total. The van der Waals surface area contributed by atoms with Gasteiger partial charge in [-0.1, -0.05) is 24.9 Å². The van der Waals surface area contributed by atoms with Gasteiger partial charge in [0.2, 0.25) is 0 Å². The van der Waals surface area contributed by atoms with E-state index in [1.54, 1.807) is 0 Å². The van der Waals surface area contributed by atoms with Crippen molar-refractivity contribution in [1.82, 2.24) is 10.2 Å². The van der Waals surface area contributed by atoms with Crippen LogP contribution in [0.3, 0.4) is 0 Å². The lowest BCUT2D eigenvalue weighted by atomic mass is 10.2. The Morgan fingerprint density at radius 1 is 1.31 bits per heavy atom. The predicted octanol–water partition coefficient (Wildman–Crippen LogP) is 3.35. The van der Waals surface area contributed by atoms with E-state index in [4.69, 9.17) is 11.6 Å². The van der Waals surface area contributed by atoms with Gasteiger partial charge in [-0.05, 0) is 43.7 Å². The van der Waals surface area contributed by atoms with Crippen LogP contribution in [-0.2, 0) is 0 Å². The van der Waals surface area contributed by atoms with Gasteiger partial charge < -0.3 is 5.32 Å². The summed E-state index contributed by atoms with van der Waals surface area (Å²) >= 11 is 5.92. The van der Waals surface area contributed by atoms with Crippen LogP contribution in [0.4, 0.5) is 5.82 Å². The molecule has 1 aliphatic carbocycles. The summed E-state index contributed by atoms with van der Waals surface area (Å²) in [5.74, 6) is 1.72. The summed E-state index contributed by atoms with van der Waals surface area (Å²) in [5.41, 5.74) is 2.13. The predicted molar refractivity (Wildman–Crippen MR) is 66.9 cm³/mol. The largest absolute Gasteiger partial charge is 0.365 e. The first-order chi connectivity index (χ1) is 7.63. The summed E-state index contributed by atoms with van der Waals surface area (Å²) < 4.78 is 0. The number of aromatic nitrogens is 2. The van der Waals surface area contributed by atoms with Crippen molar-refractivity contribution in [2.75, 3.05) is 5.32 Å². The standard InChI is InChI=1S/C12H18ClN3/c1-4-5-9-6-10(9)14-12-8(3)7(2)11(13)15-16-12/h9-10H,4-6H2,1-3H3,(H,14,16). The summed E-state index contributed by atoms with van der Waals surface area (Å²) in [6.45, 7) is 6.25. The zero-order chi connectivity index (χ0) is 11.7. The molecule has 4 heteroatoms. The van der Waals surface area contributed by atoms with Gasteiger partial charge in [0, 0.05) is 6.04 Å². The number of hydrogen-bond acceptors (Lipinski definition) is 3. The minimum absolute atomic E-state index is 0.504. The molecule has 1 heterocycles. The molecule has 1 saturated carbocycles. The van der Waals surface area contributed by atoms with E-state index in [1.807, 2.05) is 13.8 Å². The van der Waals surface area contributed by atoms with E-state index in [1.165, 1.54) is 19.3 Å². The molecule has 2 rings (SSSR count). The molecule has 0 saturated heterocycles. The molecule has 1 N–H and O–H groups in total. The van der Waals surface area contributed by atoms with Crippen molar-refractivity contribution >= 4 is 17.4 Å². The van der Waals surface area contributed by atoms with Gasteiger partial charge in [-0.2, -0.15) is 0 Å². The first kappa shape index (κ1) is 11.6. The third-order valence-electron chi connectivity index (χ3n) is 3.37. The maximum absolute atomic E-state index is 5.92. The van der Waals surface area contributed by atoms with Crippen LogP contribution in [0.25, 0.3) is 0 Å². The molecular formula is C12H18ClN3. The van der Waals surface area contributed by atoms with Gasteiger partial charge in [-0.25, -0.2) is 0 Å². The van der Waals surface area contributed by atoms with Crippen molar-refractivity contribution in [2.45, 2.75) is 46.1 Å². The Hall–Kier alpha value is -0.830. The molecule has 16 heavy (non-hydrogen) atoms. The van der Waals surface area contributed by atoms with Crippen LogP contribution < -0.4 is 5.32 Å². The summed E-state index contributed by atoms with van der Waals surface area (Å²) in [6, 6.07) is 0.591. The Bertz CT molecular complexity index is 392. The van der Waals surface area contributed by atoms with E-state index in [0.717, 1.165) is 22.9 Å². The van der Waals surface area contributed by atoms with Crippen molar-refractivity contribution < 1.29 is 0 Å². The normalized spacial score (nSPS) is 23.2. The molecule has 1 aromatic heterocycles. The van der Waals surface area contributed by atoms with E-state index in [2.05, 4.69) is 22.4 Å². The number of nitrogens with one attached hydrogen (secondary N) is 1. The molecule has 0 spiro atoms. The van der Waals surface area contributed by atoms with Gasteiger partial charge in [-0.15, -0.1) is 10.2 Å². The molecule has 0 aliphatic heterocycles. The van der Waals surface area contributed by atoms with Crippen LogP contribution in [0.2, 0.25) is 5.15 Å². The average Bonchev–Trinajstić information content (AvgIpc) is 2.98. The SMILES string of the molecule is CCCC1CC1Nc1nnc(Cl)c(C)c1C. The Morgan fingerprint density at radius 2 is 2.06 bits per heavy atom. The van der Waals surface area contributed by atoms with Crippen LogP contribution in [0.1, 0.15) is 37.3 Å². The van der Waals surface area contributed by atoms with Crippen LogP contribution in [0.15, 0.2) is 0 Å². The molecular weight excluding hydrogens is 222 g/mol. The highest BCUT2D eigenvalue weighted by molar-refractivity contribution is 6.30. The number of anilines is 1. The Morgan fingerprint density at radius 3 is 2.75 bits per heavy atom. The Balaban J connectivity index is 2.03. The lowest BCUT2D eigenvalue weighted by molar-refractivity contribution is 0.691. The van der Waals surface area contributed by atoms with Crippen molar-refractivity contribution in [3.63, 3.8) is 0 Å². The van der Waals surface area contributed by atoms with Gasteiger partial charge in [0.15, 0.2) is 11.0 Å². The van der Waals surface area contributed by atoms with E-state index >= 15 is 0 Å². The fourth-order valence-corrected chi connectivity index (χ4v) is 2.18. The molecule has 1 aromatic rings. The number of rotatable bonds is 4. The second-order valence-electron chi connectivity index (χ2n) is 4.62. The number of halogens is 1. The van der Waals surface area contributed by atoms with Gasteiger partial charge >= 0.3 is 0 Å². The molecule has 2 unspecified atom stereocenters. The van der Waals surface area contributed by atoms with Crippen LogP contribution >= 0.6 is 11.6 Å². The summed E-state index contributed by atoms with van der Waals surface area (Å²) in [7, 11) is 0. The van der Waals surface area contributed by atoms with Crippen LogP contribution in [0.5, 0.6) is 0 Å². The van der Waals surface area contributed by atoms with E-state index in [-0.39, 0.29) is 0 Å². The van der Waals surface area contributed by atoms with Crippen molar-refractivity contribution in [1.29, 1.82) is 0 Å². The summed E-state index contributed by atoms with van der Waals surface area (Å²) in [4.78, 5) is 0. The summed E-state index contributed by atoms with van der Waals surface area (Å²) in [5, 5.41) is 12.0. The third-order valence-corrected chi connectivity index (χ3v) is 3.73. The molecule has 0 aromatic carbocycles. The third kappa shape index (κ3) is 2.29. The highest BCUT2D eigenvalue weighted by Gasteiger charge is 2.36. The monoisotopic (exact) mass is 239 g/mol. The maximum atomic E-state index is 5.92. The molecule has 88 valence electrons.